The molecule has 1 atom stereocenters. The van der Waals surface area contributed by atoms with Gasteiger partial charge in [0.2, 0.25) is 5.91 Å². The Morgan fingerprint density at radius 1 is 1.22 bits per heavy atom. The molecular weight excluding hydrogens is 300 g/mol. The average Bonchev–Trinajstić information content (AvgIpc) is 2.52. The van der Waals surface area contributed by atoms with Gasteiger partial charge in [-0.05, 0) is 37.6 Å². The molecule has 0 aromatic heterocycles. The maximum absolute atomic E-state index is 11.8. The van der Waals surface area contributed by atoms with E-state index in [0.29, 0.717) is 17.9 Å². The van der Waals surface area contributed by atoms with Crippen molar-refractivity contribution in [2.24, 2.45) is 0 Å². The highest BCUT2D eigenvalue weighted by atomic mass is 16.5. The van der Waals surface area contributed by atoms with Crippen LogP contribution in [0.15, 0.2) is 24.3 Å². The lowest BCUT2D eigenvalue weighted by atomic mass is 10.2. The SMILES string of the molecule is CCCCOCC(=O)Nc1ccc(C(=O)NC(C)C(=O)O)cc1. The van der Waals surface area contributed by atoms with E-state index in [1.807, 2.05) is 6.92 Å². The first-order valence-electron chi connectivity index (χ1n) is 7.45. The van der Waals surface area contributed by atoms with Gasteiger partial charge in [-0.1, -0.05) is 13.3 Å². The molecule has 3 N–H and O–H groups in total. The fourth-order valence-corrected chi connectivity index (χ4v) is 1.65. The third-order valence-corrected chi connectivity index (χ3v) is 3.02. The van der Waals surface area contributed by atoms with Crippen LogP contribution in [0.1, 0.15) is 37.0 Å². The van der Waals surface area contributed by atoms with E-state index >= 15 is 0 Å². The molecule has 0 saturated carbocycles. The molecule has 126 valence electrons. The third-order valence-electron chi connectivity index (χ3n) is 3.02. The van der Waals surface area contributed by atoms with Gasteiger partial charge in [-0.25, -0.2) is 0 Å². The van der Waals surface area contributed by atoms with Crippen LogP contribution in [0.3, 0.4) is 0 Å². The van der Waals surface area contributed by atoms with Crippen LogP contribution in [0, 0.1) is 0 Å². The number of carbonyl (C=O) groups is 3. The summed E-state index contributed by atoms with van der Waals surface area (Å²) in [5, 5.41) is 13.8. The highest BCUT2D eigenvalue weighted by molar-refractivity contribution is 5.97. The van der Waals surface area contributed by atoms with Gasteiger partial charge in [0.15, 0.2) is 0 Å². The number of carbonyl (C=O) groups excluding carboxylic acids is 2. The average molecular weight is 322 g/mol. The smallest absolute Gasteiger partial charge is 0.325 e. The minimum absolute atomic E-state index is 0.0155. The Bertz CT molecular complexity index is 542. The minimum Gasteiger partial charge on any atom is -0.480 e. The van der Waals surface area contributed by atoms with E-state index in [4.69, 9.17) is 9.84 Å². The van der Waals surface area contributed by atoms with Gasteiger partial charge in [-0.2, -0.15) is 0 Å². The van der Waals surface area contributed by atoms with Crippen molar-refractivity contribution in [1.82, 2.24) is 5.32 Å². The molecule has 0 aliphatic carbocycles. The summed E-state index contributed by atoms with van der Waals surface area (Å²) in [4.78, 5) is 34.1. The predicted octanol–water partition coefficient (Wildman–Crippen LogP) is 1.64. The topological polar surface area (TPSA) is 105 Å². The molecule has 7 nitrogen and oxygen atoms in total. The summed E-state index contributed by atoms with van der Waals surface area (Å²) >= 11 is 0. The van der Waals surface area contributed by atoms with Gasteiger partial charge in [-0.3, -0.25) is 14.4 Å². The molecule has 7 heteroatoms. The number of ether oxygens (including phenoxy) is 1. The van der Waals surface area contributed by atoms with Crippen molar-refractivity contribution in [3.8, 4) is 0 Å². The zero-order chi connectivity index (χ0) is 17.2. The van der Waals surface area contributed by atoms with Crippen molar-refractivity contribution in [3.63, 3.8) is 0 Å². The molecule has 0 spiro atoms. The zero-order valence-electron chi connectivity index (χ0n) is 13.3. The first kappa shape index (κ1) is 18.6. The van der Waals surface area contributed by atoms with Gasteiger partial charge in [0, 0.05) is 17.9 Å². The number of amides is 2. The summed E-state index contributed by atoms with van der Waals surface area (Å²) in [7, 11) is 0. The van der Waals surface area contributed by atoms with Crippen LogP contribution in [-0.4, -0.2) is 42.1 Å². The quantitative estimate of drug-likeness (QED) is 0.600. The first-order chi connectivity index (χ1) is 10.9. The number of carboxylic acid groups (broad SMARTS) is 1. The molecule has 0 heterocycles. The van der Waals surface area contributed by atoms with Crippen molar-refractivity contribution in [2.45, 2.75) is 32.7 Å². The minimum atomic E-state index is -1.11. The molecule has 1 aromatic carbocycles. The Labute approximate surface area is 135 Å². The summed E-state index contributed by atoms with van der Waals surface area (Å²) in [6.45, 7) is 3.95. The molecule has 0 aliphatic rings. The molecular formula is C16H22N2O5. The number of hydrogen-bond acceptors (Lipinski definition) is 4. The maximum Gasteiger partial charge on any atom is 0.325 e. The highest BCUT2D eigenvalue weighted by Crippen LogP contribution is 2.10. The molecule has 0 fully saturated rings. The van der Waals surface area contributed by atoms with Gasteiger partial charge >= 0.3 is 5.97 Å². The van der Waals surface area contributed by atoms with Gasteiger partial charge in [0.05, 0.1) is 0 Å². The van der Waals surface area contributed by atoms with E-state index in [1.54, 1.807) is 12.1 Å². The van der Waals surface area contributed by atoms with Crippen LogP contribution in [0.4, 0.5) is 5.69 Å². The van der Waals surface area contributed by atoms with Crippen LogP contribution >= 0.6 is 0 Å². The number of nitrogens with one attached hydrogen (secondary N) is 2. The summed E-state index contributed by atoms with van der Waals surface area (Å²) in [5.41, 5.74) is 0.854. The number of aliphatic carboxylic acids is 1. The molecule has 0 saturated heterocycles. The van der Waals surface area contributed by atoms with E-state index in [9.17, 15) is 14.4 Å². The van der Waals surface area contributed by atoms with Crippen molar-refractivity contribution in [1.29, 1.82) is 0 Å². The molecule has 2 amide bonds. The van der Waals surface area contributed by atoms with E-state index in [2.05, 4.69) is 10.6 Å². The second-order valence-electron chi connectivity index (χ2n) is 5.07. The van der Waals surface area contributed by atoms with Crippen LogP contribution in [0.25, 0.3) is 0 Å². The number of hydrogen-bond donors (Lipinski definition) is 3. The van der Waals surface area contributed by atoms with E-state index in [-0.39, 0.29) is 12.5 Å². The molecule has 0 radical (unpaired) electrons. The lowest BCUT2D eigenvalue weighted by Crippen LogP contribution is -2.38. The normalized spacial score (nSPS) is 11.6. The Kier molecular flexibility index (Phi) is 7.76. The van der Waals surface area contributed by atoms with Crippen molar-refractivity contribution in [2.75, 3.05) is 18.5 Å². The Hall–Kier alpha value is -2.41. The lowest BCUT2D eigenvalue weighted by molar-refractivity contribution is -0.138. The second-order valence-corrected chi connectivity index (χ2v) is 5.07. The van der Waals surface area contributed by atoms with Crippen LogP contribution < -0.4 is 10.6 Å². The van der Waals surface area contributed by atoms with E-state index in [0.717, 1.165) is 12.8 Å². The van der Waals surface area contributed by atoms with Gasteiger partial charge < -0.3 is 20.5 Å². The van der Waals surface area contributed by atoms with Crippen molar-refractivity contribution in [3.05, 3.63) is 29.8 Å². The van der Waals surface area contributed by atoms with Crippen LogP contribution in [0.2, 0.25) is 0 Å². The largest absolute Gasteiger partial charge is 0.480 e. The van der Waals surface area contributed by atoms with Gasteiger partial charge in [-0.15, -0.1) is 0 Å². The molecule has 23 heavy (non-hydrogen) atoms. The molecule has 1 rings (SSSR count). The van der Waals surface area contributed by atoms with Gasteiger partial charge in [0.25, 0.3) is 5.91 Å². The fraction of sp³-hybridized carbons (Fsp3) is 0.438. The second kappa shape index (κ2) is 9.58. The summed E-state index contributed by atoms with van der Waals surface area (Å²) in [6, 6.07) is 5.20. The number of benzene rings is 1. The first-order valence-corrected chi connectivity index (χ1v) is 7.45. The number of anilines is 1. The van der Waals surface area contributed by atoms with Crippen molar-refractivity contribution >= 4 is 23.5 Å². The molecule has 1 aromatic rings. The number of rotatable bonds is 9. The fourth-order valence-electron chi connectivity index (χ4n) is 1.65. The van der Waals surface area contributed by atoms with Crippen LogP contribution in [-0.2, 0) is 14.3 Å². The van der Waals surface area contributed by atoms with Crippen LogP contribution in [0.5, 0.6) is 0 Å². The summed E-state index contributed by atoms with van der Waals surface area (Å²) < 4.78 is 5.20. The lowest BCUT2D eigenvalue weighted by Gasteiger charge is -2.10. The van der Waals surface area contributed by atoms with E-state index < -0.39 is 17.9 Å². The molecule has 0 bridgehead atoms. The predicted molar refractivity (Wildman–Crippen MR) is 85.4 cm³/mol. The summed E-state index contributed by atoms with van der Waals surface area (Å²) in [6.07, 6.45) is 1.91. The summed E-state index contributed by atoms with van der Waals surface area (Å²) in [5.74, 6) is -1.86. The van der Waals surface area contributed by atoms with Gasteiger partial charge in [0.1, 0.15) is 12.6 Å². The number of unbranched alkanes of at least 4 members (excludes halogenated alkanes) is 1. The highest BCUT2D eigenvalue weighted by Gasteiger charge is 2.15. The van der Waals surface area contributed by atoms with Crippen molar-refractivity contribution < 1.29 is 24.2 Å². The zero-order valence-corrected chi connectivity index (χ0v) is 13.3. The number of carboxylic acids is 1. The monoisotopic (exact) mass is 322 g/mol. The van der Waals surface area contributed by atoms with E-state index in [1.165, 1.54) is 19.1 Å². The standard InChI is InChI=1S/C16H22N2O5/c1-3-4-9-23-10-14(19)18-13-7-5-12(6-8-13)15(20)17-11(2)16(21)22/h5-8,11H,3-4,9-10H2,1-2H3,(H,17,20)(H,18,19)(H,21,22). The molecule has 0 aliphatic heterocycles. The molecule has 1 unspecified atom stereocenters. The maximum atomic E-state index is 11.8. The third kappa shape index (κ3) is 6.92. The Morgan fingerprint density at radius 3 is 2.43 bits per heavy atom. The Balaban J connectivity index is 2.48. The Morgan fingerprint density at radius 2 is 1.87 bits per heavy atom.